The van der Waals surface area contributed by atoms with Crippen molar-refractivity contribution < 1.29 is 22.7 Å². The number of hydrogen-bond acceptors (Lipinski definition) is 4. The summed E-state index contributed by atoms with van der Waals surface area (Å²) in [7, 11) is -4.10. The minimum absolute atomic E-state index is 0.140. The number of nitrogens with two attached hydrogens (primary N) is 1. The number of carboxylic acids is 1. The van der Waals surface area contributed by atoms with E-state index >= 15 is 0 Å². The van der Waals surface area contributed by atoms with E-state index in [9.17, 15) is 13.2 Å². The van der Waals surface area contributed by atoms with Crippen molar-refractivity contribution in [3.05, 3.63) is 17.1 Å². The van der Waals surface area contributed by atoms with Gasteiger partial charge in [-0.25, -0.2) is 18.4 Å². The molecular formula is C11H17NO5S. The summed E-state index contributed by atoms with van der Waals surface area (Å²) in [5, 5.41) is 14.2. The van der Waals surface area contributed by atoms with Gasteiger partial charge in [-0.15, -0.1) is 0 Å². The summed E-state index contributed by atoms with van der Waals surface area (Å²) in [5.74, 6) is -1.01. The summed E-state index contributed by atoms with van der Waals surface area (Å²) >= 11 is 0. The molecule has 1 rings (SSSR count). The third kappa shape index (κ3) is 2.91. The highest BCUT2D eigenvalue weighted by Gasteiger charge is 2.30. The number of sulfonamides is 1. The third-order valence-corrected chi connectivity index (χ3v) is 3.46. The van der Waals surface area contributed by atoms with Crippen LogP contribution >= 0.6 is 0 Å². The fraction of sp³-hybridized carbons (Fsp3) is 0.545. The molecule has 6 nitrogen and oxygen atoms in total. The maximum Gasteiger partial charge on any atom is 0.340 e. The molecule has 1 heterocycles. The molecule has 0 radical (unpaired) electrons. The van der Waals surface area contributed by atoms with Gasteiger partial charge >= 0.3 is 5.97 Å². The van der Waals surface area contributed by atoms with Crippen LogP contribution in [-0.2, 0) is 22.9 Å². The summed E-state index contributed by atoms with van der Waals surface area (Å²) in [6.45, 7) is 3.69. The SMILES string of the molecule is CCCc1oc(CCC)c(S(N)(=O)=O)c1C(=O)O. The second kappa shape index (κ2) is 5.53. The number of rotatable bonds is 6. The highest BCUT2D eigenvalue weighted by atomic mass is 32.2. The standard InChI is InChI=1S/C11H17NO5S/c1-3-5-7-9(11(13)14)10(18(12,15)16)8(17-7)6-4-2/h3-6H2,1-2H3,(H,13,14)(H2,12,15,16). The number of furan rings is 1. The Bertz CT molecular complexity index is 544. The van der Waals surface area contributed by atoms with Crippen LogP contribution in [0.4, 0.5) is 0 Å². The lowest BCUT2D eigenvalue weighted by Crippen LogP contribution is -2.17. The molecule has 0 fully saturated rings. The molecule has 0 bridgehead atoms. The van der Waals surface area contributed by atoms with E-state index in [4.69, 9.17) is 14.7 Å². The van der Waals surface area contributed by atoms with Crippen LogP contribution in [0.25, 0.3) is 0 Å². The Morgan fingerprint density at radius 1 is 1.22 bits per heavy atom. The van der Waals surface area contributed by atoms with Gasteiger partial charge in [0.2, 0.25) is 10.0 Å². The lowest BCUT2D eigenvalue weighted by atomic mass is 10.1. The van der Waals surface area contributed by atoms with Crippen molar-refractivity contribution in [1.82, 2.24) is 0 Å². The van der Waals surface area contributed by atoms with E-state index in [1.54, 1.807) is 0 Å². The Balaban J connectivity index is 3.55. The molecule has 0 aliphatic carbocycles. The fourth-order valence-corrected chi connectivity index (χ4v) is 2.77. The Hall–Kier alpha value is -1.34. The first kappa shape index (κ1) is 14.7. The largest absolute Gasteiger partial charge is 0.478 e. The van der Waals surface area contributed by atoms with Crippen molar-refractivity contribution in [3.8, 4) is 0 Å². The molecule has 0 aliphatic rings. The van der Waals surface area contributed by atoms with Crippen LogP contribution in [0.15, 0.2) is 9.31 Å². The van der Waals surface area contributed by atoms with Crippen LogP contribution in [0.1, 0.15) is 48.6 Å². The Kier molecular flexibility index (Phi) is 4.53. The number of carbonyl (C=O) groups is 1. The first-order chi connectivity index (χ1) is 8.32. The van der Waals surface area contributed by atoms with Crippen LogP contribution in [-0.4, -0.2) is 19.5 Å². The first-order valence-corrected chi connectivity index (χ1v) is 7.28. The van der Waals surface area contributed by atoms with Gasteiger partial charge in [0.05, 0.1) is 0 Å². The van der Waals surface area contributed by atoms with Gasteiger partial charge in [-0.1, -0.05) is 13.8 Å². The summed E-state index contributed by atoms with van der Waals surface area (Å²) in [5.41, 5.74) is -0.317. The highest BCUT2D eigenvalue weighted by molar-refractivity contribution is 7.89. The van der Waals surface area contributed by atoms with Gasteiger partial charge in [0.15, 0.2) is 0 Å². The smallest absolute Gasteiger partial charge is 0.340 e. The predicted octanol–water partition coefficient (Wildman–Crippen LogP) is 1.53. The van der Waals surface area contributed by atoms with Crippen molar-refractivity contribution in [3.63, 3.8) is 0 Å². The summed E-state index contributed by atoms with van der Waals surface area (Å²) < 4.78 is 28.4. The third-order valence-electron chi connectivity index (χ3n) is 2.46. The van der Waals surface area contributed by atoms with E-state index in [0.29, 0.717) is 25.7 Å². The van der Waals surface area contributed by atoms with E-state index < -0.39 is 16.0 Å². The fourth-order valence-electron chi connectivity index (χ4n) is 1.82. The van der Waals surface area contributed by atoms with E-state index in [1.165, 1.54) is 0 Å². The molecule has 1 aromatic rings. The van der Waals surface area contributed by atoms with Crippen LogP contribution in [0.2, 0.25) is 0 Å². The van der Waals surface area contributed by atoms with E-state index in [2.05, 4.69) is 0 Å². The van der Waals surface area contributed by atoms with E-state index in [0.717, 1.165) is 0 Å². The van der Waals surface area contributed by atoms with Gasteiger partial charge < -0.3 is 9.52 Å². The van der Waals surface area contributed by atoms with Crippen molar-refractivity contribution in [2.75, 3.05) is 0 Å². The highest BCUT2D eigenvalue weighted by Crippen LogP contribution is 2.28. The maximum absolute atomic E-state index is 11.5. The summed E-state index contributed by atoms with van der Waals surface area (Å²) in [6.07, 6.45) is 2.01. The molecule has 0 saturated carbocycles. The molecule has 0 unspecified atom stereocenters. The monoisotopic (exact) mass is 275 g/mol. The number of aromatic carboxylic acids is 1. The zero-order valence-corrected chi connectivity index (χ0v) is 11.2. The average Bonchev–Trinajstić information content (AvgIpc) is 2.57. The topological polar surface area (TPSA) is 111 Å². The molecule has 102 valence electrons. The zero-order valence-electron chi connectivity index (χ0n) is 10.4. The predicted molar refractivity (Wildman–Crippen MR) is 65.0 cm³/mol. The van der Waals surface area contributed by atoms with Gasteiger partial charge in [-0.05, 0) is 12.8 Å². The van der Waals surface area contributed by atoms with Crippen LogP contribution < -0.4 is 5.14 Å². The summed E-state index contributed by atoms with van der Waals surface area (Å²) in [6, 6.07) is 0. The van der Waals surface area contributed by atoms with Crippen molar-refractivity contribution >= 4 is 16.0 Å². The Morgan fingerprint density at radius 3 is 2.11 bits per heavy atom. The quantitative estimate of drug-likeness (QED) is 0.817. The molecule has 18 heavy (non-hydrogen) atoms. The normalized spacial score (nSPS) is 11.7. The molecule has 0 aliphatic heterocycles. The molecule has 1 aromatic heterocycles. The second-order valence-electron chi connectivity index (χ2n) is 4.00. The molecule has 0 spiro atoms. The molecule has 0 aromatic carbocycles. The van der Waals surface area contributed by atoms with E-state index in [1.807, 2.05) is 13.8 Å². The van der Waals surface area contributed by atoms with E-state index in [-0.39, 0.29) is 22.0 Å². The molecule has 3 N–H and O–H groups in total. The zero-order chi connectivity index (χ0) is 13.9. The number of hydrogen-bond donors (Lipinski definition) is 2. The first-order valence-electron chi connectivity index (χ1n) is 5.73. The average molecular weight is 275 g/mol. The second-order valence-corrected chi connectivity index (χ2v) is 5.50. The van der Waals surface area contributed by atoms with Crippen molar-refractivity contribution in [2.24, 2.45) is 5.14 Å². The van der Waals surface area contributed by atoms with Gasteiger partial charge in [0.1, 0.15) is 22.0 Å². The Morgan fingerprint density at radius 2 is 1.72 bits per heavy atom. The lowest BCUT2D eigenvalue weighted by molar-refractivity contribution is 0.0690. The van der Waals surface area contributed by atoms with Gasteiger partial charge in [-0.2, -0.15) is 0 Å². The molecular weight excluding hydrogens is 258 g/mol. The van der Waals surface area contributed by atoms with Crippen LogP contribution in [0.5, 0.6) is 0 Å². The van der Waals surface area contributed by atoms with Gasteiger partial charge in [0, 0.05) is 12.8 Å². The molecule has 0 saturated heterocycles. The van der Waals surface area contributed by atoms with Crippen molar-refractivity contribution in [1.29, 1.82) is 0 Å². The maximum atomic E-state index is 11.5. The van der Waals surface area contributed by atoms with Crippen molar-refractivity contribution in [2.45, 2.75) is 44.4 Å². The Labute approximate surface area is 106 Å². The van der Waals surface area contributed by atoms with Gasteiger partial charge in [0.25, 0.3) is 0 Å². The number of carboxylic acid groups (broad SMARTS) is 1. The lowest BCUT2D eigenvalue weighted by Gasteiger charge is -1.99. The number of aryl methyl sites for hydroxylation is 2. The molecule has 0 atom stereocenters. The molecule has 7 heteroatoms. The van der Waals surface area contributed by atoms with Gasteiger partial charge in [-0.3, -0.25) is 0 Å². The van der Waals surface area contributed by atoms with Crippen LogP contribution in [0, 0.1) is 0 Å². The minimum atomic E-state index is -4.10. The van der Waals surface area contributed by atoms with Crippen LogP contribution in [0.3, 0.4) is 0 Å². The summed E-state index contributed by atoms with van der Waals surface area (Å²) in [4.78, 5) is 10.8. The molecule has 0 amide bonds. The minimum Gasteiger partial charge on any atom is -0.478 e. The number of primary sulfonamides is 1.